The topological polar surface area (TPSA) is 63.3 Å². The smallest absolute Gasteiger partial charge is 0.194 e. The standard InChI is InChI=1S/C21H22N4/c1-16-9-11-17(12-10-16)14-19-8-5-13-23-20(19)25-21(22)24-15-18-6-3-2-4-7-18/h2-13H,14-15H2,1H3,(H3,22,23,24,25). The van der Waals surface area contributed by atoms with Crippen molar-refractivity contribution >= 4 is 11.8 Å². The molecule has 3 rings (SSSR count). The summed E-state index contributed by atoms with van der Waals surface area (Å²) >= 11 is 0. The number of benzene rings is 2. The fraction of sp³-hybridized carbons (Fsp3) is 0.143. The number of nitrogens with one attached hydrogen (secondary N) is 1. The van der Waals surface area contributed by atoms with Crippen LogP contribution in [0.15, 0.2) is 77.9 Å². The highest BCUT2D eigenvalue weighted by Crippen LogP contribution is 2.17. The Labute approximate surface area is 148 Å². The van der Waals surface area contributed by atoms with Crippen molar-refractivity contribution in [2.45, 2.75) is 19.9 Å². The highest BCUT2D eigenvalue weighted by atomic mass is 15.1. The second-order valence-electron chi connectivity index (χ2n) is 5.99. The number of rotatable bonds is 5. The maximum absolute atomic E-state index is 6.03. The van der Waals surface area contributed by atoms with Crippen LogP contribution in [0.5, 0.6) is 0 Å². The van der Waals surface area contributed by atoms with E-state index in [-0.39, 0.29) is 0 Å². The summed E-state index contributed by atoms with van der Waals surface area (Å²) in [5, 5.41) is 3.13. The maximum Gasteiger partial charge on any atom is 0.194 e. The molecule has 0 aliphatic heterocycles. The van der Waals surface area contributed by atoms with E-state index in [4.69, 9.17) is 5.73 Å². The van der Waals surface area contributed by atoms with Gasteiger partial charge in [-0.15, -0.1) is 0 Å². The lowest BCUT2D eigenvalue weighted by molar-refractivity contribution is 1.06. The quantitative estimate of drug-likeness (QED) is 0.551. The van der Waals surface area contributed by atoms with Gasteiger partial charge in [0.25, 0.3) is 0 Å². The number of anilines is 1. The van der Waals surface area contributed by atoms with Gasteiger partial charge in [-0.25, -0.2) is 9.98 Å². The minimum atomic E-state index is 0.368. The van der Waals surface area contributed by atoms with Crippen molar-refractivity contribution in [3.05, 3.63) is 95.2 Å². The number of nitrogens with two attached hydrogens (primary N) is 1. The van der Waals surface area contributed by atoms with Gasteiger partial charge in [0.2, 0.25) is 0 Å². The summed E-state index contributed by atoms with van der Waals surface area (Å²) in [6.45, 7) is 2.63. The second kappa shape index (κ2) is 8.11. The first-order valence-electron chi connectivity index (χ1n) is 8.31. The largest absolute Gasteiger partial charge is 0.370 e. The highest BCUT2D eigenvalue weighted by molar-refractivity contribution is 5.92. The van der Waals surface area contributed by atoms with Gasteiger partial charge >= 0.3 is 0 Å². The van der Waals surface area contributed by atoms with E-state index in [0.717, 1.165) is 23.4 Å². The fourth-order valence-electron chi connectivity index (χ4n) is 2.54. The molecule has 126 valence electrons. The Morgan fingerprint density at radius 1 is 0.960 bits per heavy atom. The molecule has 1 heterocycles. The second-order valence-corrected chi connectivity index (χ2v) is 5.99. The van der Waals surface area contributed by atoms with Crippen LogP contribution >= 0.6 is 0 Å². The van der Waals surface area contributed by atoms with E-state index in [2.05, 4.69) is 52.5 Å². The summed E-state index contributed by atoms with van der Waals surface area (Å²) in [7, 11) is 0. The van der Waals surface area contributed by atoms with Crippen molar-refractivity contribution in [2.75, 3.05) is 5.32 Å². The Kier molecular flexibility index (Phi) is 5.42. The van der Waals surface area contributed by atoms with Crippen LogP contribution in [0.2, 0.25) is 0 Å². The molecule has 0 unspecified atom stereocenters. The lowest BCUT2D eigenvalue weighted by Crippen LogP contribution is -2.24. The zero-order chi connectivity index (χ0) is 17.5. The number of aromatic nitrogens is 1. The molecule has 0 aliphatic carbocycles. The fourth-order valence-corrected chi connectivity index (χ4v) is 2.54. The van der Waals surface area contributed by atoms with E-state index in [1.165, 1.54) is 11.1 Å². The minimum Gasteiger partial charge on any atom is -0.370 e. The molecule has 0 radical (unpaired) electrons. The van der Waals surface area contributed by atoms with Gasteiger partial charge in [-0.05, 0) is 29.7 Å². The van der Waals surface area contributed by atoms with Crippen LogP contribution in [0.3, 0.4) is 0 Å². The molecular weight excluding hydrogens is 308 g/mol. The summed E-state index contributed by atoms with van der Waals surface area (Å²) in [5.74, 6) is 1.12. The molecule has 3 aromatic rings. The van der Waals surface area contributed by atoms with E-state index < -0.39 is 0 Å². The first kappa shape index (κ1) is 16.7. The first-order chi connectivity index (χ1) is 12.2. The minimum absolute atomic E-state index is 0.368. The van der Waals surface area contributed by atoms with Gasteiger partial charge in [-0.2, -0.15) is 0 Å². The molecule has 0 saturated carbocycles. The molecule has 0 spiro atoms. The zero-order valence-electron chi connectivity index (χ0n) is 14.3. The monoisotopic (exact) mass is 330 g/mol. The number of aliphatic imine (C=N–C) groups is 1. The molecule has 25 heavy (non-hydrogen) atoms. The summed E-state index contributed by atoms with van der Waals surface area (Å²) in [6.07, 6.45) is 2.55. The number of nitrogens with zero attached hydrogens (tertiary/aromatic N) is 2. The van der Waals surface area contributed by atoms with Gasteiger partial charge < -0.3 is 11.1 Å². The third kappa shape index (κ3) is 4.91. The van der Waals surface area contributed by atoms with Gasteiger partial charge in [0.15, 0.2) is 5.96 Å². The number of guanidine groups is 1. The molecule has 0 amide bonds. The van der Waals surface area contributed by atoms with Gasteiger partial charge in [0, 0.05) is 12.6 Å². The molecule has 0 fully saturated rings. The van der Waals surface area contributed by atoms with E-state index in [1.54, 1.807) is 6.20 Å². The van der Waals surface area contributed by atoms with Crippen LogP contribution in [-0.4, -0.2) is 10.9 Å². The van der Waals surface area contributed by atoms with E-state index in [1.807, 2.05) is 36.4 Å². The van der Waals surface area contributed by atoms with Crippen molar-refractivity contribution < 1.29 is 0 Å². The van der Waals surface area contributed by atoms with Crippen molar-refractivity contribution in [1.82, 2.24) is 4.98 Å². The van der Waals surface area contributed by atoms with Crippen LogP contribution in [0.1, 0.15) is 22.3 Å². The Bertz CT molecular complexity index is 839. The molecule has 0 aliphatic rings. The van der Waals surface area contributed by atoms with E-state index in [0.29, 0.717) is 12.5 Å². The number of hydrogen-bond donors (Lipinski definition) is 2. The normalized spacial score (nSPS) is 11.3. The molecule has 0 saturated heterocycles. The average Bonchev–Trinajstić information content (AvgIpc) is 2.64. The zero-order valence-corrected chi connectivity index (χ0v) is 14.3. The average molecular weight is 330 g/mol. The summed E-state index contributed by atoms with van der Waals surface area (Å²) in [5.41, 5.74) is 10.7. The molecular formula is C21H22N4. The maximum atomic E-state index is 6.03. The first-order valence-corrected chi connectivity index (χ1v) is 8.31. The van der Waals surface area contributed by atoms with Crippen molar-refractivity contribution in [3.8, 4) is 0 Å². The number of hydrogen-bond acceptors (Lipinski definition) is 2. The van der Waals surface area contributed by atoms with E-state index in [9.17, 15) is 0 Å². The van der Waals surface area contributed by atoms with Gasteiger partial charge in [0.05, 0.1) is 6.54 Å². The molecule has 0 atom stereocenters. The molecule has 3 N–H and O–H groups in total. The van der Waals surface area contributed by atoms with Gasteiger partial charge in [-0.3, -0.25) is 0 Å². The SMILES string of the molecule is Cc1ccc(Cc2cccnc2NC(N)=NCc2ccccc2)cc1. The van der Waals surface area contributed by atoms with Gasteiger partial charge in [-0.1, -0.05) is 66.2 Å². The van der Waals surface area contributed by atoms with Crippen LogP contribution in [0.4, 0.5) is 5.82 Å². The van der Waals surface area contributed by atoms with Crippen molar-refractivity contribution in [2.24, 2.45) is 10.7 Å². The Morgan fingerprint density at radius 3 is 2.48 bits per heavy atom. The molecule has 0 bridgehead atoms. The van der Waals surface area contributed by atoms with Crippen molar-refractivity contribution in [3.63, 3.8) is 0 Å². The Balaban J connectivity index is 1.70. The summed E-state index contributed by atoms with van der Waals surface area (Å²) < 4.78 is 0. The predicted molar refractivity (Wildman–Crippen MR) is 104 cm³/mol. The third-order valence-electron chi connectivity index (χ3n) is 3.93. The van der Waals surface area contributed by atoms with Crippen molar-refractivity contribution in [1.29, 1.82) is 0 Å². The van der Waals surface area contributed by atoms with Crippen LogP contribution in [0.25, 0.3) is 0 Å². The van der Waals surface area contributed by atoms with Gasteiger partial charge in [0.1, 0.15) is 5.82 Å². The van der Waals surface area contributed by atoms with Crippen LogP contribution < -0.4 is 11.1 Å². The van der Waals surface area contributed by atoms with Crippen LogP contribution in [-0.2, 0) is 13.0 Å². The lowest BCUT2D eigenvalue weighted by Gasteiger charge is -2.11. The number of pyridine rings is 1. The Hall–Kier alpha value is -3.14. The predicted octanol–water partition coefficient (Wildman–Crippen LogP) is 3.91. The molecule has 1 aromatic heterocycles. The molecule has 2 aromatic carbocycles. The molecule has 4 nitrogen and oxygen atoms in total. The highest BCUT2D eigenvalue weighted by Gasteiger charge is 2.06. The third-order valence-corrected chi connectivity index (χ3v) is 3.93. The van der Waals surface area contributed by atoms with Crippen LogP contribution in [0, 0.1) is 6.92 Å². The Morgan fingerprint density at radius 2 is 1.72 bits per heavy atom. The number of aryl methyl sites for hydroxylation is 1. The lowest BCUT2D eigenvalue weighted by atomic mass is 10.0. The summed E-state index contributed by atoms with van der Waals surface area (Å²) in [6, 6.07) is 22.5. The summed E-state index contributed by atoms with van der Waals surface area (Å²) in [4.78, 5) is 8.81. The molecule has 4 heteroatoms. The van der Waals surface area contributed by atoms with E-state index >= 15 is 0 Å².